The summed E-state index contributed by atoms with van der Waals surface area (Å²) < 4.78 is 25.0. The maximum atomic E-state index is 13.3. The van der Waals surface area contributed by atoms with Gasteiger partial charge in [0.25, 0.3) is 5.91 Å². The van der Waals surface area contributed by atoms with Crippen LogP contribution in [0.4, 0.5) is 10.2 Å². The lowest BCUT2D eigenvalue weighted by Gasteiger charge is -2.29. The van der Waals surface area contributed by atoms with E-state index in [0.29, 0.717) is 40.7 Å². The van der Waals surface area contributed by atoms with Gasteiger partial charge in [0.15, 0.2) is 0 Å². The summed E-state index contributed by atoms with van der Waals surface area (Å²) in [5, 5.41) is 3.57. The van der Waals surface area contributed by atoms with Gasteiger partial charge in [0.2, 0.25) is 0 Å². The van der Waals surface area contributed by atoms with E-state index in [1.807, 2.05) is 19.9 Å². The molecule has 0 aliphatic carbocycles. The molecule has 150 valence electrons. The van der Waals surface area contributed by atoms with Crippen LogP contribution in [0.15, 0.2) is 35.4 Å². The lowest BCUT2D eigenvalue weighted by molar-refractivity contribution is 0.0946. The predicted octanol–water partition coefficient (Wildman–Crippen LogP) is 3.14. The van der Waals surface area contributed by atoms with Gasteiger partial charge in [0.1, 0.15) is 28.2 Å². The number of aryl methyl sites for hydroxylation is 1. The number of benzene rings is 1. The van der Waals surface area contributed by atoms with E-state index < -0.39 is 11.2 Å². The molecular weight excluding hydrogens is 397 g/mol. The number of thioether (sulfide) groups is 1. The van der Waals surface area contributed by atoms with Crippen molar-refractivity contribution in [3.63, 3.8) is 0 Å². The Morgan fingerprint density at radius 3 is 2.79 bits per heavy atom. The molecule has 0 atom stereocenters. The first-order valence-corrected chi connectivity index (χ1v) is 11.7. The summed E-state index contributed by atoms with van der Waals surface area (Å²) >= 11 is 0.780. The van der Waals surface area contributed by atoms with Gasteiger partial charge in [-0.05, 0) is 42.0 Å². The summed E-state index contributed by atoms with van der Waals surface area (Å²) in [5.74, 6) is 2.38. The number of nitrogens with zero attached hydrogens (tertiary/aromatic N) is 2. The lowest BCUT2D eigenvalue weighted by atomic mass is 10.1. The van der Waals surface area contributed by atoms with Crippen LogP contribution in [0.3, 0.4) is 0 Å². The van der Waals surface area contributed by atoms with E-state index in [4.69, 9.17) is 4.98 Å². The number of aromatic nitrogens is 1. The van der Waals surface area contributed by atoms with E-state index in [1.54, 1.807) is 12.1 Å². The number of amides is 1. The second-order valence-corrected chi connectivity index (χ2v) is 9.51. The summed E-state index contributed by atoms with van der Waals surface area (Å²) in [7, 11) is 0. The Labute approximate surface area is 172 Å². The Balaban J connectivity index is 1.79. The van der Waals surface area contributed by atoms with Crippen LogP contribution >= 0.6 is 11.8 Å². The van der Waals surface area contributed by atoms with E-state index in [9.17, 15) is 13.7 Å². The largest absolute Gasteiger partial charge is 0.616 e. The maximum Gasteiger partial charge on any atom is 0.254 e. The first kappa shape index (κ1) is 21.0. The Bertz CT molecular complexity index is 842. The summed E-state index contributed by atoms with van der Waals surface area (Å²) in [5.41, 5.74) is 2.12. The fourth-order valence-corrected chi connectivity index (χ4v) is 4.97. The number of carbonyl (C=O) groups excluding carboxylic acids is 1. The smallest absolute Gasteiger partial charge is 0.254 e. The Kier molecular flexibility index (Phi) is 7.20. The standard InChI is InChI=1S/C20H24FN3O2S2/c1-3-27-20-18(19(25)22-13-15-5-4-6-16(21)12-15)14(2)11-17(23-20)24-7-9-28(26)10-8-24/h4-6,11-12H,3,7-10,13H2,1-2H3,(H,22,25). The first-order valence-electron chi connectivity index (χ1n) is 9.25. The Morgan fingerprint density at radius 1 is 1.36 bits per heavy atom. The van der Waals surface area contributed by atoms with Crippen LogP contribution in [0, 0.1) is 12.7 Å². The molecular formula is C20H24FN3O2S2. The van der Waals surface area contributed by atoms with Crippen LogP contribution in [0.25, 0.3) is 0 Å². The van der Waals surface area contributed by atoms with Crippen molar-refractivity contribution in [3.8, 4) is 0 Å². The van der Waals surface area contributed by atoms with Gasteiger partial charge in [-0.15, -0.1) is 11.8 Å². The normalized spacial score (nSPS) is 14.9. The Morgan fingerprint density at radius 2 is 2.11 bits per heavy atom. The van der Waals surface area contributed by atoms with E-state index >= 15 is 0 Å². The number of rotatable bonds is 6. The molecule has 3 rings (SSSR count). The van der Waals surface area contributed by atoms with Gasteiger partial charge in [-0.1, -0.05) is 30.2 Å². The fourth-order valence-electron chi connectivity index (χ4n) is 3.09. The predicted molar refractivity (Wildman–Crippen MR) is 113 cm³/mol. The van der Waals surface area contributed by atoms with Crippen LogP contribution in [-0.4, -0.2) is 45.8 Å². The highest BCUT2D eigenvalue weighted by Gasteiger charge is 2.24. The molecule has 1 aliphatic rings. The number of pyridine rings is 1. The fraction of sp³-hybridized carbons (Fsp3) is 0.400. The van der Waals surface area contributed by atoms with Gasteiger partial charge >= 0.3 is 0 Å². The van der Waals surface area contributed by atoms with Gasteiger partial charge in [-0.2, -0.15) is 0 Å². The van der Waals surface area contributed by atoms with Crippen LogP contribution in [0.1, 0.15) is 28.4 Å². The molecule has 0 saturated carbocycles. The molecule has 1 fully saturated rings. The second-order valence-electron chi connectivity index (χ2n) is 6.56. The minimum Gasteiger partial charge on any atom is -0.616 e. The molecule has 8 heteroatoms. The summed E-state index contributed by atoms with van der Waals surface area (Å²) in [4.78, 5) is 19.7. The second kappa shape index (κ2) is 9.62. The van der Waals surface area contributed by atoms with Gasteiger partial charge in [-0.3, -0.25) is 4.79 Å². The molecule has 1 aromatic carbocycles. The topological polar surface area (TPSA) is 68.3 Å². The summed E-state index contributed by atoms with van der Waals surface area (Å²) in [6.45, 7) is 5.60. The molecule has 2 aromatic rings. The van der Waals surface area contributed by atoms with Crippen LogP contribution in [-0.2, 0) is 17.7 Å². The molecule has 1 amide bonds. The molecule has 2 heterocycles. The van der Waals surface area contributed by atoms with Crippen molar-refractivity contribution in [2.45, 2.75) is 25.4 Å². The molecule has 28 heavy (non-hydrogen) atoms. The van der Waals surface area contributed by atoms with E-state index in [2.05, 4.69) is 10.2 Å². The number of hydrogen-bond acceptors (Lipinski definition) is 5. The third-order valence-electron chi connectivity index (χ3n) is 4.52. The van der Waals surface area contributed by atoms with Crippen LogP contribution < -0.4 is 10.2 Å². The average Bonchev–Trinajstić information content (AvgIpc) is 2.67. The van der Waals surface area contributed by atoms with E-state index in [-0.39, 0.29) is 18.3 Å². The molecule has 0 spiro atoms. The highest BCUT2D eigenvalue weighted by atomic mass is 32.2. The molecule has 0 unspecified atom stereocenters. The minimum absolute atomic E-state index is 0.212. The van der Waals surface area contributed by atoms with Crippen molar-refractivity contribution in [2.24, 2.45) is 0 Å². The van der Waals surface area contributed by atoms with Crippen molar-refractivity contribution in [1.82, 2.24) is 10.3 Å². The molecule has 1 N–H and O–H groups in total. The van der Waals surface area contributed by atoms with Crippen molar-refractivity contribution < 1.29 is 13.7 Å². The number of halogens is 1. The van der Waals surface area contributed by atoms with Crippen LogP contribution in [0.5, 0.6) is 0 Å². The van der Waals surface area contributed by atoms with Crippen molar-refractivity contribution in [3.05, 3.63) is 52.8 Å². The van der Waals surface area contributed by atoms with Gasteiger partial charge < -0.3 is 14.8 Å². The molecule has 5 nitrogen and oxygen atoms in total. The van der Waals surface area contributed by atoms with Gasteiger partial charge in [0.05, 0.1) is 18.7 Å². The number of hydrogen-bond donors (Lipinski definition) is 1. The number of carbonyl (C=O) groups is 1. The van der Waals surface area contributed by atoms with E-state index in [0.717, 1.165) is 17.1 Å². The van der Waals surface area contributed by atoms with E-state index in [1.165, 1.54) is 23.9 Å². The van der Waals surface area contributed by atoms with Crippen molar-refractivity contribution in [2.75, 3.05) is 35.2 Å². The molecule has 1 aromatic heterocycles. The van der Waals surface area contributed by atoms with Crippen molar-refractivity contribution >= 4 is 34.7 Å². The third-order valence-corrected chi connectivity index (χ3v) is 6.66. The quantitative estimate of drug-likeness (QED) is 0.573. The minimum atomic E-state index is -0.749. The molecule has 1 aliphatic heterocycles. The average molecular weight is 422 g/mol. The highest BCUT2D eigenvalue weighted by molar-refractivity contribution is 7.99. The molecule has 0 radical (unpaired) electrons. The number of nitrogens with one attached hydrogen (secondary N) is 1. The number of anilines is 1. The molecule has 1 saturated heterocycles. The van der Waals surface area contributed by atoms with Crippen LogP contribution in [0.2, 0.25) is 0 Å². The summed E-state index contributed by atoms with van der Waals surface area (Å²) in [6.07, 6.45) is 0. The highest BCUT2D eigenvalue weighted by Crippen LogP contribution is 2.28. The lowest BCUT2D eigenvalue weighted by Crippen LogP contribution is -2.41. The van der Waals surface area contributed by atoms with Gasteiger partial charge in [-0.25, -0.2) is 9.37 Å². The first-order chi connectivity index (χ1) is 13.5. The zero-order valence-corrected chi connectivity index (χ0v) is 17.7. The summed E-state index contributed by atoms with van der Waals surface area (Å²) in [6, 6.07) is 8.12. The molecule has 0 bridgehead atoms. The monoisotopic (exact) mass is 421 g/mol. The van der Waals surface area contributed by atoms with Crippen molar-refractivity contribution in [1.29, 1.82) is 0 Å². The Hall–Kier alpha value is -1.77. The van der Waals surface area contributed by atoms with Gasteiger partial charge in [0, 0.05) is 6.54 Å². The zero-order valence-electron chi connectivity index (χ0n) is 16.0. The SMILES string of the molecule is CCSc1nc(N2CC[S+]([O-])CC2)cc(C)c1C(=O)NCc1cccc(F)c1. The third kappa shape index (κ3) is 5.18. The maximum absolute atomic E-state index is 13.3. The zero-order chi connectivity index (χ0) is 20.1.